The van der Waals surface area contributed by atoms with Gasteiger partial charge >= 0.3 is 0 Å². The van der Waals surface area contributed by atoms with Crippen molar-refractivity contribution in [3.8, 4) is 0 Å². The van der Waals surface area contributed by atoms with Crippen molar-refractivity contribution >= 4 is 5.91 Å². The van der Waals surface area contributed by atoms with Gasteiger partial charge in [0.15, 0.2) is 0 Å². The number of nitrogens with zero attached hydrogens (tertiary/aromatic N) is 1. The molecule has 1 unspecified atom stereocenters. The molecule has 0 aliphatic heterocycles. The van der Waals surface area contributed by atoms with E-state index in [0.29, 0.717) is 12.6 Å². The number of ether oxygens (including phenoxy) is 1. The Hall–Kier alpha value is -1.33. The van der Waals surface area contributed by atoms with Crippen LogP contribution in [-0.2, 0) is 16.1 Å². The van der Waals surface area contributed by atoms with Crippen LogP contribution < -0.4 is 5.73 Å². The standard InChI is InChI=1S/C12H18N2O3/c1-16-11(7-13)12(15)14(9-4-5-9)8-10-3-2-6-17-10/h2-3,6,9,11H,4-5,7-8,13H2,1H3. The fraction of sp³-hybridized carbons (Fsp3) is 0.583. The molecular weight excluding hydrogens is 220 g/mol. The molecule has 0 radical (unpaired) electrons. The average molecular weight is 238 g/mol. The zero-order chi connectivity index (χ0) is 12.3. The van der Waals surface area contributed by atoms with E-state index < -0.39 is 6.10 Å². The van der Waals surface area contributed by atoms with E-state index in [1.165, 1.54) is 7.11 Å². The van der Waals surface area contributed by atoms with Crippen LogP contribution in [0.5, 0.6) is 0 Å². The van der Waals surface area contributed by atoms with Crippen LogP contribution in [0.1, 0.15) is 18.6 Å². The minimum Gasteiger partial charge on any atom is -0.467 e. The van der Waals surface area contributed by atoms with Crippen LogP contribution in [0.4, 0.5) is 0 Å². The summed E-state index contributed by atoms with van der Waals surface area (Å²) in [6.07, 6.45) is 3.16. The normalized spacial score (nSPS) is 16.8. The van der Waals surface area contributed by atoms with Crippen molar-refractivity contribution in [2.45, 2.75) is 31.5 Å². The molecule has 2 rings (SSSR count). The number of carbonyl (C=O) groups is 1. The zero-order valence-electron chi connectivity index (χ0n) is 9.96. The van der Waals surface area contributed by atoms with Crippen LogP contribution in [0.3, 0.4) is 0 Å². The van der Waals surface area contributed by atoms with E-state index in [-0.39, 0.29) is 12.5 Å². The molecule has 1 amide bonds. The second-order valence-corrected chi connectivity index (χ2v) is 4.24. The molecule has 0 saturated heterocycles. The van der Waals surface area contributed by atoms with E-state index in [4.69, 9.17) is 14.9 Å². The Balaban J connectivity index is 2.04. The summed E-state index contributed by atoms with van der Waals surface area (Å²) in [6, 6.07) is 4.01. The molecular formula is C12H18N2O3. The van der Waals surface area contributed by atoms with Gasteiger partial charge in [0.1, 0.15) is 11.9 Å². The van der Waals surface area contributed by atoms with Gasteiger partial charge in [0.05, 0.1) is 12.8 Å². The molecule has 94 valence electrons. The van der Waals surface area contributed by atoms with Crippen LogP contribution in [0.25, 0.3) is 0 Å². The first kappa shape index (κ1) is 12.1. The number of nitrogens with two attached hydrogens (primary N) is 1. The first-order valence-corrected chi connectivity index (χ1v) is 5.82. The smallest absolute Gasteiger partial charge is 0.253 e. The molecule has 1 aliphatic rings. The first-order chi connectivity index (χ1) is 8.26. The van der Waals surface area contributed by atoms with Crippen molar-refractivity contribution in [2.75, 3.05) is 13.7 Å². The zero-order valence-corrected chi connectivity index (χ0v) is 9.96. The third kappa shape index (κ3) is 2.87. The average Bonchev–Trinajstić information content (AvgIpc) is 3.05. The number of amides is 1. The highest BCUT2D eigenvalue weighted by molar-refractivity contribution is 5.81. The molecule has 17 heavy (non-hydrogen) atoms. The number of rotatable bonds is 6. The number of hydrogen-bond acceptors (Lipinski definition) is 4. The fourth-order valence-corrected chi connectivity index (χ4v) is 1.83. The highest BCUT2D eigenvalue weighted by atomic mass is 16.5. The van der Waals surface area contributed by atoms with Gasteiger partial charge in [-0.3, -0.25) is 4.79 Å². The van der Waals surface area contributed by atoms with Crippen LogP contribution in [0.15, 0.2) is 22.8 Å². The van der Waals surface area contributed by atoms with Crippen molar-refractivity contribution in [1.82, 2.24) is 4.90 Å². The molecule has 1 heterocycles. The summed E-state index contributed by atoms with van der Waals surface area (Å²) in [4.78, 5) is 14.0. The summed E-state index contributed by atoms with van der Waals surface area (Å²) in [7, 11) is 1.51. The molecule has 1 aliphatic carbocycles. The van der Waals surface area contributed by atoms with Gasteiger partial charge in [-0.1, -0.05) is 0 Å². The lowest BCUT2D eigenvalue weighted by atomic mass is 10.2. The molecule has 1 saturated carbocycles. The summed E-state index contributed by atoms with van der Waals surface area (Å²) in [5, 5.41) is 0. The van der Waals surface area contributed by atoms with E-state index >= 15 is 0 Å². The largest absolute Gasteiger partial charge is 0.467 e. The fourth-order valence-electron chi connectivity index (χ4n) is 1.83. The maximum Gasteiger partial charge on any atom is 0.253 e. The van der Waals surface area contributed by atoms with E-state index in [1.54, 1.807) is 11.2 Å². The van der Waals surface area contributed by atoms with E-state index in [1.807, 2.05) is 12.1 Å². The molecule has 0 spiro atoms. The SMILES string of the molecule is COC(CN)C(=O)N(Cc1ccco1)C1CC1. The molecule has 5 nitrogen and oxygen atoms in total. The second kappa shape index (κ2) is 5.33. The lowest BCUT2D eigenvalue weighted by molar-refractivity contribution is -0.142. The minimum absolute atomic E-state index is 0.0473. The number of furan rings is 1. The quantitative estimate of drug-likeness (QED) is 0.793. The van der Waals surface area contributed by atoms with Crippen molar-refractivity contribution in [1.29, 1.82) is 0 Å². The van der Waals surface area contributed by atoms with E-state index in [2.05, 4.69) is 0 Å². The highest BCUT2D eigenvalue weighted by Gasteiger charge is 2.35. The number of methoxy groups -OCH3 is 1. The Bertz CT molecular complexity index is 356. The van der Waals surface area contributed by atoms with Crippen molar-refractivity contribution in [2.24, 2.45) is 5.73 Å². The van der Waals surface area contributed by atoms with Crippen LogP contribution in [0.2, 0.25) is 0 Å². The Kier molecular flexibility index (Phi) is 3.81. The summed E-state index contributed by atoms with van der Waals surface area (Å²) in [5.74, 6) is 0.742. The molecule has 2 N–H and O–H groups in total. The van der Waals surface area contributed by atoms with Gasteiger partial charge in [-0.2, -0.15) is 0 Å². The minimum atomic E-state index is -0.550. The third-order valence-corrected chi connectivity index (χ3v) is 2.95. The van der Waals surface area contributed by atoms with Gasteiger partial charge in [0, 0.05) is 19.7 Å². The summed E-state index contributed by atoms with van der Waals surface area (Å²) in [6.45, 7) is 0.701. The van der Waals surface area contributed by atoms with E-state index in [9.17, 15) is 4.79 Å². The Labute approximate surface area is 101 Å². The van der Waals surface area contributed by atoms with Crippen LogP contribution in [-0.4, -0.2) is 36.6 Å². The third-order valence-electron chi connectivity index (χ3n) is 2.95. The predicted molar refractivity (Wildman–Crippen MR) is 62.1 cm³/mol. The summed E-state index contributed by atoms with van der Waals surface area (Å²) >= 11 is 0. The molecule has 1 atom stereocenters. The Morgan fingerprint density at radius 2 is 2.47 bits per heavy atom. The van der Waals surface area contributed by atoms with Gasteiger partial charge in [-0.15, -0.1) is 0 Å². The summed E-state index contributed by atoms with van der Waals surface area (Å²) < 4.78 is 10.4. The predicted octanol–water partition coefficient (Wildman–Crippen LogP) is 0.744. The van der Waals surface area contributed by atoms with Gasteiger partial charge in [0.25, 0.3) is 5.91 Å². The maximum absolute atomic E-state index is 12.2. The Morgan fingerprint density at radius 3 is 2.94 bits per heavy atom. The lowest BCUT2D eigenvalue weighted by Crippen LogP contribution is -2.44. The van der Waals surface area contributed by atoms with Gasteiger partial charge in [0.2, 0.25) is 0 Å². The molecule has 1 aromatic heterocycles. The monoisotopic (exact) mass is 238 g/mol. The number of hydrogen-bond donors (Lipinski definition) is 1. The summed E-state index contributed by atoms with van der Waals surface area (Å²) in [5.41, 5.74) is 5.52. The molecule has 5 heteroatoms. The van der Waals surface area contributed by atoms with Gasteiger partial charge in [-0.05, 0) is 25.0 Å². The van der Waals surface area contributed by atoms with Gasteiger partial charge < -0.3 is 19.8 Å². The molecule has 1 fully saturated rings. The second-order valence-electron chi connectivity index (χ2n) is 4.24. The van der Waals surface area contributed by atoms with E-state index in [0.717, 1.165) is 18.6 Å². The maximum atomic E-state index is 12.2. The van der Waals surface area contributed by atoms with Crippen LogP contribution >= 0.6 is 0 Å². The van der Waals surface area contributed by atoms with Crippen molar-refractivity contribution in [3.63, 3.8) is 0 Å². The topological polar surface area (TPSA) is 68.7 Å². The Morgan fingerprint density at radius 1 is 1.71 bits per heavy atom. The number of carbonyl (C=O) groups excluding carboxylic acids is 1. The highest BCUT2D eigenvalue weighted by Crippen LogP contribution is 2.29. The molecule has 0 bridgehead atoms. The van der Waals surface area contributed by atoms with Crippen LogP contribution in [0, 0.1) is 0 Å². The first-order valence-electron chi connectivity index (χ1n) is 5.82. The molecule has 0 aromatic carbocycles. The van der Waals surface area contributed by atoms with Crippen molar-refractivity contribution in [3.05, 3.63) is 24.2 Å². The lowest BCUT2D eigenvalue weighted by Gasteiger charge is -2.25. The van der Waals surface area contributed by atoms with Crippen molar-refractivity contribution < 1.29 is 13.9 Å². The van der Waals surface area contributed by atoms with Gasteiger partial charge in [-0.25, -0.2) is 0 Å². The molecule has 1 aromatic rings.